The van der Waals surface area contributed by atoms with E-state index in [2.05, 4.69) is 13.8 Å². The van der Waals surface area contributed by atoms with Gasteiger partial charge in [0.15, 0.2) is 0 Å². The standard InChI is InChI=1S/C13H19ClFN/c1-3-13(4-2,7-8-16)10-5-6-12(15)11(14)9-10/h5-6,9H,3-4,7-8,16H2,1-2H3. The van der Waals surface area contributed by atoms with Gasteiger partial charge in [0, 0.05) is 0 Å². The van der Waals surface area contributed by atoms with Gasteiger partial charge in [-0.1, -0.05) is 31.5 Å². The lowest BCUT2D eigenvalue weighted by atomic mass is 9.73. The summed E-state index contributed by atoms with van der Waals surface area (Å²) in [6.07, 6.45) is 2.88. The van der Waals surface area contributed by atoms with Gasteiger partial charge in [0.2, 0.25) is 0 Å². The molecular formula is C13H19ClFN. The van der Waals surface area contributed by atoms with Gasteiger partial charge in [-0.2, -0.15) is 0 Å². The van der Waals surface area contributed by atoms with Crippen molar-refractivity contribution < 1.29 is 4.39 Å². The highest BCUT2D eigenvalue weighted by molar-refractivity contribution is 6.30. The summed E-state index contributed by atoms with van der Waals surface area (Å²) in [4.78, 5) is 0. The van der Waals surface area contributed by atoms with Crippen LogP contribution in [0.3, 0.4) is 0 Å². The normalized spacial score (nSPS) is 11.8. The van der Waals surface area contributed by atoms with Gasteiger partial charge in [0.25, 0.3) is 0 Å². The molecule has 0 amide bonds. The maximum atomic E-state index is 13.1. The highest BCUT2D eigenvalue weighted by Crippen LogP contribution is 2.36. The van der Waals surface area contributed by atoms with Gasteiger partial charge >= 0.3 is 0 Å². The van der Waals surface area contributed by atoms with Crippen molar-refractivity contribution in [3.8, 4) is 0 Å². The molecule has 0 fully saturated rings. The van der Waals surface area contributed by atoms with Crippen LogP contribution in [0.15, 0.2) is 18.2 Å². The molecule has 0 unspecified atom stereocenters. The Morgan fingerprint density at radius 3 is 2.38 bits per heavy atom. The van der Waals surface area contributed by atoms with Gasteiger partial charge in [0.05, 0.1) is 5.02 Å². The molecule has 3 heteroatoms. The van der Waals surface area contributed by atoms with E-state index in [9.17, 15) is 4.39 Å². The van der Waals surface area contributed by atoms with Crippen molar-refractivity contribution in [1.29, 1.82) is 0 Å². The topological polar surface area (TPSA) is 26.0 Å². The second kappa shape index (κ2) is 5.65. The Morgan fingerprint density at radius 2 is 1.94 bits per heavy atom. The Morgan fingerprint density at radius 1 is 1.31 bits per heavy atom. The fourth-order valence-electron chi connectivity index (χ4n) is 2.26. The van der Waals surface area contributed by atoms with E-state index in [-0.39, 0.29) is 16.3 Å². The first kappa shape index (κ1) is 13.5. The minimum atomic E-state index is -0.362. The summed E-state index contributed by atoms with van der Waals surface area (Å²) in [6, 6.07) is 5.00. The lowest BCUT2D eigenvalue weighted by Crippen LogP contribution is -2.27. The third kappa shape index (κ3) is 2.55. The van der Waals surface area contributed by atoms with Crippen LogP contribution in [-0.2, 0) is 5.41 Å². The third-order valence-electron chi connectivity index (χ3n) is 3.51. The number of hydrogen-bond acceptors (Lipinski definition) is 1. The van der Waals surface area contributed by atoms with Crippen molar-refractivity contribution in [2.24, 2.45) is 5.73 Å². The second-order valence-corrected chi connectivity index (χ2v) is 4.56. The largest absolute Gasteiger partial charge is 0.330 e. The predicted molar refractivity (Wildman–Crippen MR) is 67.3 cm³/mol. The second-order valence-electron chi connectivity index (χ2n) is 4.15. The van der Waals surface area contributed by atoms with Crippen molar-refractivity contribution >= 4 is 11.6 Å². The summed E-state index contributed by atoms with van der Waals surface area (Å²) in [5.41, 5.74) is 6.79. The summed E-state index contributed by atoms with van der Waals surface area (Å²) >= 11 is 5.83. The van der Waals surface area contributed by atoms with Gasteiger partial charge in [0.1, 0.15) is 5.82 Å². The Balaban J connectivity index is 3.14. The molecule has 0 spiro atoms. The number of rotatable bonds is 5. The van der Waals surface area contributed by atoms with Crippen LogP contribution >= 0.6 is 11.6 Å². The summed E-state index contributed by atoms with van der Waals surface area (Å²) in [6.45, 7) is 4.91. The van der Waals surface area contributed by atoms with E-state index in [0.717, 1.165) is 24.8 Å². The van der Waals surface area contributed by atoms with Crippen LogP contribution in [0.1, 0.15) is 38.7 Å². The average Bonchev–Trinajstić information content (AvgIpc) is 2.30. The first-order chi connectivity index (χ1) is 7.59. The maximum Gasteiger partial charge on any atom is 0.141 e. The molecule has 1 aromatic carbocycles. The fourth-order valence-corrected chi connectivity index (χ4v) is 2.44. The van der Waals surface area contributed by atoms with E-state index in [1.165, 1.54) is 6.07 Å². The molecule has 90 valence electrons. The molecule has 0 bridgehead atoms. The van der Waals surface area contributed by atoms with Gasteiger partial charge in [-0.25, -0.2) is 4.39 Å². The molecular weight excluding hydrogens is 225 g/mol. The molecule has 0 aromatic heterocycles. The molecule has 0 aliphatic carbocycles. The van der Waals surface area contributed by atoms with Crippen molar-refractivity contribution in [1.82, 2.24) is 0 Å². The molecule has 0 saturated carbocycles. The zero-order valence-electron chi connectivity index (χ0n) is 9.89. The molecule has 0 heterocycles. The summed E-state index contributed by atoms with van der Waals surface area (Å²) < 4.78 is 13.1. The van der Waals surface area contributed by atoms with E-state index < -0.39 is 0 Å². The summed E-state index contributed by atoms with van der Waals surface area (Å²) in [7, 11) is 0. The lowest BCUT2D eigenvalue weighted by Gasteiger charge is -2.32. The van der Waals surface area contributed by atoms with E-state index in [4.69, 9.17) is 17.3 Å². The van der Waals surface area contributed by atoms with Crippen LogP contribution in [-0.4, -0.2) is 6.54 Å². The fraction of sp³-hybridized carbons (Fsp3) is 0.538. The summed E-state index contributed by atoms with van der Waals surface area (Å²) in [5.74, 6) is -0.362. The van der Waals surface area contributed by atoms with Crippen LogP contribution in [0.4, 0.5) is 4.39 Å². The number of benzene rings is 1. The van der Waals surface area contributed by atoms with Gasteiger partial charge < -0.3 is 5.73 Å². The van der Waals surface area contributed by atoms with Crippen LogP contribution < -0.4 is 5.73 Å². The molecule has 1 nitrogen and oxygen atoms in total. The zero-order valence-corrected chi connectivity index (χ0v) is 10.6. The van der Waals surface area contributed by atoms with Crippen molar-refractivity contribution in [3.63, 3.8) is 0 Å². The van der Waals surface area contributed by atoms with Crippen LogP contribution in [0.25, 0.3) is 0 Å². The maximum absolute atomic E-state index is 13.1. The van der Waals surface area contributed by atoms with Gasteiger partial charge in [-0.3, -0.25) is 0 Å². The molecule has 0 atom stereocenters. The van der Waals surface area contributed by atoms with Crippen molar-refractivity contribution in [3.05, 3.63) is 34.6 Å². The van der Waals surface area contributed by atoms with E-state index in [0.29, 0.717) is 6.54 Å². The van der Waals surface area contributed by atoms with Crippen LogP contribution in [0.2, 0.25) is 5.02 Å². The molecule has 1 aromatic rings. The van der Waals surface area contributed by atoms with Gasteiger partial charge in [-0.15, -0.1) is 0 Å². The first-order valence-corrected chi connectivity index (χ1v) is 6.13. The van der Waals surface area contributed by atoms with E-state index in [1.807, 2.05) is 6.07 Å². The van der Waals surface area contributed by atoms with Gasteiger partial charge in [-0.05, 0) is 48.9 Å². The number of hydrogen-bond donors (Lipinski definition) is 1. The quantitative estimate of drug-likeness (QED) is 0.834. The first-order valence-electron chi connectivity index (χ1n) is 5.75. The molecule has 16 heavy (non-hydrogen) atoms. The third-order valence-corrected chi connectivity index (χ3v) is 3.80. The minimum Gasteiger partial charge on any atom is -0.330 e. The monoisotopic (exact) mass is 243 g/mol. The zero-order chi connectivity index (χ0) is 12.2. The predicted octanol–water partition coefficient (Wildman–Crippen LogP) is 3.89. The van der Waals surface area contributed by atoms with Crippen molar-refractivity contribution in [2.45, 2.75) is 38.5 Å². The SMILES string of the molecule is CCC(CC)(CCN)c1ccc(F)c(Cl)c1. The molecule has 1 rings (SSSR count). The number of nitrogens with two attached hydrogens (primary N) is 1. The number of halogens is 2. The average molecular weight is 244 g/mol. The Kier molecular flexibility index (Phi) is 4.75. The molecule has 0 radical (unpaired) electrons. The Labute approximate surface area is 102 Å². The van der Waals surface area contributed by atoms with E-state index in [1.54, 1.807) is 6.07 Å². The molecule has 2 N–H and O–H groups in total. The minimum absolute atomic E-state index is 0.0338. The summed E-state index contributed by atoms with van der Waals surface area (Å²) in [5, 5.41) is 0.195. The lowest BCUT2D eigenvalue weighted by molar-refractivity contribution is 0.370. The Bertz CT molecular complexity index is 348. The van der Waals surface area contributed by atoms with E-state index >= 15 is 0 Å². The van der Waals surface area contributed by atoms with Crippen LogP contribution in [0, 0.1) is 5.82 Å². The Hall–Kier alpha value is -0.600. The van der Waals surface area contributed by atoms with Crippen molar-refractivity contribution in [2.75, 3.05) is 6.54 Å². The molecule has 0 aliphatic heterocycles. The van der Waals surface area contributed by atoms with Crippen LogP contribution in [0.5, 0.6) is 0 Å². The molecule has 0 aliphatic rings. The smallest absolute Gasteiger partial charge is 0.141 e. The molecule has 0 saturated heterocycles. The highest BCUT2D eigenvalue weighted by Gasteiger charge is 2.27. The highest BCUT2D eigenvalue weighted by atomic mass is 35.5.